The van der Waals surface area contributed by atoms with E-state index in [4.69, 9.17) is 4.74 Å². The van der Waals surface area contributed by atoms with Crippen molar-refractivity contribution >= 4 is 27.5 Å². The van der Waals surface area contributed by atoms with Crippen molar-refractivity contribution in [1.82, 2.24) is 19.5 Å². The number of halogens is 1. The first-order valence-electron chi connectivity index (χ1n) is 9.19. The van der Waals surface area contributed by atoms with Gasteiger partial charge in [-0.05, 0) is 66.2 Å². The summed E-state index contributed by atoms with van der Waals surface area (Å²) in [7, 11) is 0. The van der Waals surface area contributed by atoms with Crippen LogP contribution in [0.1, 0.15) is 22.0 Å². The van der Waals surface area contributed by atoms with Gasteiger partial charge in [-0.25, -0.2) is 9.97 Å². The fraction of sp³-hybridized carbons (Fsp3) is 0.0909. The highest BCUT2D eigenvalue weighted by atomic mass is 79.9. The number of nitrogens with one attached hydrogen (secondary N) is 1. The van der Waals surface area contributed by atoms with Crippen molar-refractivity contribution in [2.24, 2.45) is 0 Å². The van der Waals surface area contributed by atoms with Crippen molar-refractivity contribution in [3.8, 4) is 17.4 Å². The number of imidazole rings is 1. The Balaban J connectivity index is 1.49. The summed E-state index contributed by atoms with van der Waals surface area (Å²) in [6.07, 6.45) is 3.55. The molecule has 2 heterocycles. The van der Waals surface area contributed by atoms with Gasteiger partial charge in [-0.15, -0.1) is 0 Å². The molecule has 1 N–H and O–H groups in total. The minimum atomic E-state index is -0.192. The van der Waals surface area contributed by atoms with Crippen LogP contribution in [0.25, 0.3) is 5.82 Å². The molecule has 0 aliphatic carbocycles. The summed E-state index contributed by atoms with van der Waals surface area (Å²) in [6, 6.07) is 16.1. The van der Waals surface area contributed by atoms with Gasteiger partial charge in [0.25, 0.3) is 5.91 Å². The van der Waals surface area contributed by atoms with Crippen molar-refractivity contribution < 1.29 is 9.53 Å². The van der Waals surface area contributed by atoms with Crippen molar-refractivity contribution in [3.63, 3.8) is 0 Å². The Labute approximate surface area is 181 Å². The first-order valence-corrected chi connectivity index (χ1v) is 9.99. The Morgan fingerprint density at radius 3 is 2.53 bits per heavy atom. The third-order valence-corrected chi connectivity index (χ3v) is 5.02. The van der Waals surface area contributed by atoms with Crippen LogP contribution in [0.4, 0.5) is 5.69 Å². The number of aryl methyl sites for hydroxylation is 2. The second-order valence-corrected chi connectivity index (χ2v) is 7.37. The van der Waals surface area contributed by atoms with E-state index in [1.165, 1.54) is 0 Å². The highest BCUT2D eigenvalue weighted by Crippen LogP contribution is 2.24. The molecule has 8 heteroatoms. The Kier molecular flexibility index (Phi) is 5.58. The van der Waals surface area contributed by atoms with Crippen LogP contribution in [0.3, 0.4) is 0 Å². The molecule has 0 bridgehead atoms. The van der Waals surface area contributed by atoms with Gasteiger partial charge in [-0.1, -0.05) is 12.1 Å². The number of anilines is 1. The Morgan fingerprint density at radius 2 is 1.83 bits per heavy atom. The molecular formula is C22H18BrN5O2. The molecule has 0 fully saturated rings. The monoisotopic (exact) mass is 463 g/mol. The molecule has 150 valence electrons. The maximum Gasteiger partial charge on any atom is 0.256 e. The molecule has 30 heavy (non-hydrogen) atoms. The zero-order valence-corrected chi connectivity index (χ0v) is 17.9. The molecule has 2 aromatic carbocycles. The van der Waals surface area contributed by atoms with Gasteiger partial charge < -0.3 is 10.1 Å². The van der Waals surface area contributed by atoms with E-state index in [1.54, 1.807) is 42.6 Å². The van der Waals surface area contributed by atoms with Crippen molar-refractivity contribution in [3.05, 3.63) is 88.7 Å². The molecule has 0 radical (unpaired) electrons. The summed E-state index contributed by atoms with van der Waals surface area (Å²) in [5, 5.41) is 2.87. The number of hydrogen-bond acceptors (Lipinski definition) is 5. The number of nitrogens with zero attached hydrogens (tertiary/aromatic N) is 4. The average Bonchev–Trinajstić information content (AvgIpc) is 3.15. The highest BCUT2D eigenvalue weighted by Gasteiger charge is 2.11. The molecule has 0 saturated carbocycles. The topological polar surface area (TPSA) is 81.9 Å². The van der Waals surface area contributed by atoms with Crippen LogP contribution in [0.15, 0.2) is 71.5 Å². The van der Waals surface area contributed by atoms with E-state index in [-0.39, 0.29) is 5.91 Å². The number of hydrogen-bond donors (Lipinski definition) is 1. The SMILES string of the molecule is Cc1nc(Oc2ccc(NC(=O)c3ccccc3Br)cc2)cc(-n2ccnc2C)n1. The third-order valence-electron chi connectivity index (χ3n) is 4.33. The number of benzene rings is 2. The fourth-order valence-corrected chi connectivity index (χ4v) is 3.36. The zero-order chi connectivity index (χ0) is 21.1. The standard InChI is InChI=1S/C22H18BrN5O2/c1-14-25-20(28-12-11-24-15(28)2)13-21(26-14)30-17-9-7-16(8-10-17)27-22(29)18-5-3-4-6-19(18)23/h3-13H,1-2H3,(H,27,29). The Morgan fingerprint density at radius 1 is 1.07 bits per heavy atom. The number of ether oxygens (including phenoxy) is 1. The van der Waals surface area contributed by atoms with E-state index >= 15 is 0 Å². The molecule has 0 saturated heterocycles. The molecule has 4 aromatic rings. The molecule has 0 aliphatic heterocycles. The van der Waals surface area contributed by atoms with Gasteiger partial charge in [-0.2, -0.15) is 4.98 Å². The first-order chi connectivity index (χ1) is 14.5. The quantitative estimate of drug-likeness (QED) is 0.445. The number of amides is 1. The van der Waals surface area contributed by atoms with Crippen LogP contribution in [0, 0.1) is 13.8 Å². The second kappa shape index (κ2) is 8.46. The van der Waals surface area contributed by atoms with E-state index in [0.29, 0.717) is 34.5 Å². The lowest BCUT2D eigenvalue weighted by Gasteiger charge is -2.10. The van der Waals surface area contributed by atoms with Gasteiger partial charge in [0, 0.05) is 28.6 Å². The molecule has 0 atom stereocenters. The summed E-state index contributed by atoms with van der Waals surface area (Å²) in [4.78, 5) is 25.4. The number of aromatic nitrogens is 4. The van der Waals surface area contributed by atoms with E-state index in [1.807, 2.05) is 42.8 Å². The number of carbonyl (C=O) groups is 1. The van der Waals surface area contributed by atoms with Crippen LogP contribution in [0.5, 0.6) is 11.6 Å². The zero-order valence-electron chi connectivity index (χ0n) is 16.3. The summed E-state index contributed by atoms with van der Waals surface area (Å²) < 4.78 is 8.50. The van der Waals surface area contributed by atoms with Crippen molar-refractivity contribution in [2.75, 3.05) is 5.32 Å². The Hall–Kier alpha value is -3.52. The maximum absolute atomic E-state index is 12.4. The minimum Gasteiger partial charge on any atom is -0.439 e. The van der Waals surface area contributed by atoms with E-state index in [2.05, 4.69) is 36.2 Å². The average molecular weight is 464 g/mol. The summed E-state index contributed by atoms with van der Waals surface area (Å²) in [5.74, 6) is 2.93. The van der Waals surface area contributed by atoms with E-state index < -0.39 is 0 Å². The van der Waals surface area contributed by atoms with Gasteiger partial charge >= 0.3 is 0 Å². The van der Waals surface area contributed by atoms with Gasteiger partial charge in [0.15, 0.2) is 0 Å². The van der Waals surface area contributed by atoms with E-state index in [0.717, 1.165) is 10.3 Å². The lowest BCUT2D eigenvalue weighted by molar-refractivity contribution is 0.102. The minimum absolute atomic E-state index is 0.192. The predicted octanol–water partition coefficient (Wildman–Crippen LogP) is 5.09. The maximum atomic E-state index is 12.4. The van der Waals surface area contributed by atoms with Gasteiger partial charge in [0.1, 0.15) is 23.2 Å². The summed E-state index contributed by atoms with van der Waals surface area (Å²) in [5.41, 5.74) is 1.23. The third kappa shape index (κ3) is 4.38. The second-order valence-electron chi connectivity index (χ2n) is 6.52. The van der Waals surface area contributed by atoms with E-state index in [9.17, 15) is 4.79 Å². The lowest BCUT2D eigenvalue weighted by Crippen LogP contribution is -2.12. The highest BCUT2D eigenvalue weighted by molar-refractivity contribution is 9.10. The summed E-state index contributed by atoms with van der Waals surface area (Å²) in [6.45, 7) is 3.71. The van der Waals surface area contributed by atoms with Crippen LogP contribution >= 0.6 is 15.9 Å². The van der Waals surface area contributed by atoms with Crippen molar-refractivity contribution in [2.45, 2.75) is 13.8 Å². The smallest absolute Gasteiger partial charge is 0.256 e. The van der Waals surface area contributed by atoms with Gasteiger partial charge in [-0.3, -0.25) is 9.36 Å². The van der Waals surface area contributed by atoms with Crippen LogP contribution in [-0.4, -0.2) is 25.4 Å². The molecule has 0 aliphatic rings. The van der Waals surface area contributed by atoms with Gasteiger partial charge in [0.2, 0.25) is 5.88 Å². The lowest BCUT2D eigenvalue weighted by atomic mass is 10.2. The molecule has 4 rings (SSSR count). The Bertz CT molecular complexity index is 1200. The number of carbonyl (C=O) groups excluding carboxylic acids is 1. The fourth-order valence-electron chi connectivity index (χ4n) is 2.89. The molecular weight excluding hydrogens is 446 g/mol. The van der Waals surface area contributed by atoms with Gasteiger partial charge in [0.05, 0.1) is 5.56 Å². The molecule has 1 amide bonds. The first kappa shape index (κ1) is 19.8. The normalized spacial score (nSPS) is 10.6. The molecule has 7 nitrogen and oxygen atoms in total. The molecule has 2 aromatic heterocycles. The largest absolute Gasteiger partial charge is 0.439 e. The van der Waals surface area contributed by atoms with Crippen LogP contribution in [-0.2, 0) is 0 Å². The number of rotatable bonds is 5. The molecule has 0 spiro atoms. The van der Waals surface area contributed by atoms with Crippen LogP contribution < -0.4 is 10.1 Å². The van der Waals surface area contributed by atoms with Crippen molar-refractivity contribution in [1.29, 1.82) is 0 Å². The molecule has 0 unspecified atom stereocenters. The summed E-state index contributed by atoms with van der Waals surface area (Å²) >= 11 is 3.39. The van der Waals surface area contributed by atoms with Crippen LogP contribution in [0.2, 0.25) is 0 Å². The predicted molar refractivity (Wildman–Crippen MR) is 117 cm³/mol.